The summed E-state index contributed by atoms with van der Waals surface area (Å²) in [6.07, 6.45) is 3.00. The van der Waals surface area contributed by atoms with Crippen LogP contribution >= 0.6 is 0 Å². The molecule has 1 aromatic heterocycles. The summed E-state index contributed by atoms with van der Waals surface area (Å²) in [5.41, 5.74) is 0. The van der Waals surface area contributed by atoms with Crippen LogP contribution in [-0.2, 0) is 11.3 Å². The third-order valence-electron chi connectivity index (χ3n) is 2.83. The molecule has 16 heavy (non-hydrogen) atoms. The molecular formula is C11H17N3O2. The predicted octanol–water partition coefficient (Wildman–Crippen LogP) is 1.36. The monoisotopic (exact) mass is 223 g/mol. The molecule has 0 bridgehead atoms. The molecular weight excluding hydrogens is 206 g/mol. The van der Waals surface area contributed by atoms with Gasteiger partial charge in [0.25, 0.3) is 0 Å². The van der Waals surface area contributed by atoms with Crippen molar-refractivity contribution in [3.8, 4) is 0 Å². The molecule has 5 nitrogen and oxygen atoms in total. The Balaban J connectivity index is 1.99. The van der Waals surface area contributed by atoms with Gasteiger partial charge in [-0.05, 0) is 26.9 Å². The van der Waals surface area contributed by atoms with Gasteiger partial charge in [0.1, 0.15) is 5.78 Å². The average molecular weight is 223 g/mol. The van der Waals surface area contributed by atoms with Crippen molar-refractivity contribution in [2.75, 3.05) is 14.1 Å². The molecule has 2 rings (SSSR count). The van der Waals surface area contributed by atoms with E-state index in [-0.39, 0.29) is 5.92 Å². The maximum absolute atomic E-state index is 11.1. The van der Waals surface area contributed by atoms with Crippen LogP contribution in [0.15, 0.2) is 4.52 Å². The predicted molar refractivity (Wildman–Crippen MR) is 57.9 cm³/mol. The summed E-state index contributed by atoms with van der Waals surface area (Å²) in [6, 6.07) is 0. The Labute approximate surface area is 94.8 Å². The standard InChI is InChI=1S/C11H17N3O2/c1-14(2)7-10-12-11(16-13-10)8-3-5-9(15)6-4-8/h8H,3-7H2,1-2H3. The number of hydrogen-bond acceptors (Lipinski definition) is 5. The Hall–Kier alpha value is -1.23. The van der Waals surface area contributed by atoms with Gasteiger partial charge in [0.05, 0.1) is 6.54 Å². The van der Waals surface area contributed by atoms with Crippen LogP contribution in [0.1, 0.15) is 43.3 Å². The van der Waals surface area contributed by atoms with Crippen molar-refractivity contribution in [3.05, 3.63) is 11.7 Å². The SMILES string of the molecule is CN(C)Cc1noc(C2CCC(=O)CC2)n1. The molecule has 0 spiro atoms. The highest BCUT2D eigenvalue weighted by molar-refractivity contribution is 5.79. The van der Waals surface area contributed by atoms with Crippen LogP contribution in [0, 0.1) is 0 Å². The zero-order valence-electron chi connectivity index (χ0n) is 9.77. The number of Topliss-reactive ketones (excluding diaryl/α,β-unsaturated/α-hetero) is 1. The summed E-state index contributed by atoms with van der Waals surface area (Å²) in [6.45, 7) is 0.690. The summed E-state index contributed by atoms with van der Waals surface area (Å²) in [7, 11) is 3.94. The van der Waals surface area contributed by atoms with Crippen molar-refractivity contribution in [2.24, 2.45) is 0 Å². The van der Waals surface area contributed by atoms with Gasteiger partial charge < -0.3 is 9.42 Å². The first-order valence-electron chi connectivity index (χ1n) is 5.64. The van der Waals surface area contributed by atoms with E-state index in [1.807, 2.05) is 19.0 Å². The van der Waals surface area contributed by atoms with Gasteiger partial charge in [-0.2, -0.15) is 4.98 Å². The van der Waals surface area contributed by atoms with Crippen LogP contribution in [0.4, 0.5) is 0 Å². The first-order valence-corrected chi connectivity index (χ1v) is 5.64. The molecule has 0 radical (unpaired) electrons. The molecule has 1 aliphatic carbocycles. The Morgan fingerprint density at radius 3 is 2.69 bits per heavy atom. The minimum absolute atomic E-state index is 0.279. The number of aromatic nitrogens is 2. The minimum atomic E-state index is 0.279. The molecule has 0 unspecified atom stereocenters. The van der Waals surface area contributed by atoms with Crippen LogP contribution in [-0.4, -0.2) is 34.9 Å². The fourth-order valence-electron chi connectivity index (χ4n) is 1.97. The normalized spacial score (nSPS) is 18.3. The van der Waals surface area contributed by atoms with Crippen molar-refractivity contribution in [3.63, 3.8) is 0 Å². The van der Waals surface area contributed by atoms with Crippen molar-refractivity contribution < 1.29 is 9.32 Å². The average Bonchev–Trinajstić information content (AvgIpc) is 2.66. The second-order valence-electron chi connectivity index (χ2n) is 4.60. The van der Waals surface area contributed by atoms with E-state index in [1.54, 1.807) is 0 Å². The molecule has 1 saturated carbocycles. The Kier molecular flexibility index (Phi) is 3.33. The van der Waals surface area contributed by atoms with Gasteiger partial charge in [0.2, 0.25) is 5.89 Å². The maximum atomic E-state index is 11.1. The molecule has 1 aliphatic rings. The third kappa shape index (κ3) is 2.66. The van der Waals surface area contributed by atoms with E-state index in [2.05, 4.69) is 10.1 Å². The number of hydrogen-bond donors (Lipinski definition) is 0. The number of ketones is 1. The molecule has 0 aliphatic heterocycles. The number of rotatable bonds is 3. The Morgan fingerprint density at radius 2 is 2.06 bits per heavy atom. The lowest BCUT2D eigenvalue weighted by Crippen LogP contribution is -2.14. The zero-order chi connectivity index (χ0) is 11.5. The molecule has 0 saturated heterocycles. The van der Waals surface area contributed by atoms with Crippen LogP contribution in [0.25, 0.3) is 0 Å². The highest BCUT2D eigenvalue weighted by Crippen LogP contribution is 2.29. The largest absolute Gasteiger partial charge is 0.339 e. The second kappa shape index (κ2) is 4.74. The molecule has 0 atom stereocenters. The Bertz CT molecular complexity index is 363. The highest BCUT2D eigenvalue weighted by atomic mass is 16.5. The lowest BCUT2D eigenvalue weighted by atomic mass is 9.88. The van der Waals surface area contributed by atoms with Crippen LogP contribution in [0.2, 0.25) is 0 Å². The van der Waals surface area contributed by atoms with E-state index in [1.165, 1.54) is 0 Å². The van der Waals surface area contributed by atoms with Crippen LogP contribution < -0.4 is 0 Å². The van der Waals surface area contributed by atoms with Gasteiger partial charge in [-0.1, -0.05) is 5.16 Å². The summed E-state index contributed by atoms with van der Waals surface area (Å²) < 4.78 is 5.24. The van der Waals surface area contributed by atoms with Crippen molar-refractivity contribution in [2.45, 2.75) is 38.1 Å². The molecule has 1 aromatic rings. The maximum Gasteiger partial charge on any atom is 0.229 e. The van der Waals surface area contributed by atoms with Gasteiger partial charge in [-0.15, -0.1) is 0 Å². The topological polar surface area (TPSA) is 59.2 Å². The number of carbonyl (C=O) groups is 1. The van der Waals surface area contributed by atoms with E-state index in [0.29, 0.717) is 31.1 Å². The molecule has 88 valence electrons. The second-order valence-corrected chi connectivity index (χ2v) is 4.60. The van der Waals surface area contributed by atoms with E-state index >= 15 is 0 Å². The fourth-order valence-corrected chi connectivity index (χ4v) is 1.97. The van der Waals surface area contributed by atoms with Gasteiger partial charge in [-0.3, -0.25) is 4.79 Å². The summed E-state index contributed by atoms with van der Waals surface area (Å²) in [5, 5.41) is 3.94. The quantitative estimate of drug-likeness (QED) is 0.774. The van der Waals surface area contributed by atoms with E-state index in [9.17, 15) is 4.79 Å². The molecule has 0 amide bonds. The molecule has 0 N–H and O–H groups in total. The van der Waals surface area contributed by atoms with Crippen molar-refractivity contribution >= 4 is 5.78 Å². The lowest BCUT2D eigenvalue weighted by molar-refractivity contribution is -0.120. The minimum Gasteiger partial charge on any atom is -0.339 e. The van der Waals surface area contributed by atoms with Gasteiger partial charge in [0.15, 0.2) is 5.82 Å². The fraction of sp³-hybridized carbons (Fsp3) is 0.727. The summed E-state index contributed by atoms with van der Waals surface area (Å²) in [5.74, 6) is 2.05. The van der Waals surface area contributed by atoms with Gasteiger partial charge >= 0.3 is 0 Å². The number of nitrogens with zero attached hydrogens (tertiary/aromatic N) is 3. The summed E-state index contributed by atoms with van der Waals surface area (Å²) in [4.78, 5) is 17.5. The van der Waals surface area contributed by atoms with Crippen LogP contribution in [0.3, 0.4) is 0 Å². The van der Waals surface area contributed by atoms with Crippen molar-refractivity contribution in [1.29, 1.82) is 0 Å². The van der Waals surface area contributed by atoms with Gasteiger partial charge in [-0.25, -0.2) is 0 Å². The van der Waals surface area contributed by atoms with E-state index < -0.39 is 0 Å². The van der Waals surface area contributed by atoms with E-state index in [0.717, 1.165) is 18.7 Å². The molecule has 1 fully saturated rings. The lowest BCUT2D eigenvalue weighted by Gasteiger charge is -2.16. The molecule has 0 aromatic carbocycles. The number of carbonyl (C=O) groups excluding carboxylic acids is 1. The van der Waals surface area contributed by atoms with Crippen LogP contribution in [0.5, 0.6) is 0 Å². The van der Waals surface area contributed by atoms with Gasteiger partial charge in [0, 0.05) is 18.8 Å². The van der Waals surface area contributed by atoms with Crippen molar-refractivity contribution in [1.82, 2.24) is 15.0 Å². The third-order valence-corrected chi connectivity index (χ3v) is 2.83. The first kappa shape index (κ1) is 11.3. The Morgan fingerprint density at radius 1 is 1.38 bits per heavy atom. The highest BCUT2D eigenvalue weighted by Gasteiger charge is 2.24. The molecule has 5 heteroatoms. The smallest absolute Gasteiger partial charge is 0.229 e. The van der Waals surface area contributed by atoms with E-state index in [4.69, 9.17) is 4.52 Å². The first-order chi connectivity index (χ1) is 7.65. The summed E-state index contributed by atoms with van der Waals surface area (Å²) >= 11 is 0. The zero-order valence-corrected chi connectivity index (χ0v) is 9.77. The molecule has 1 heterocycles.